The Balaban J connectivity index is 1.87. The molecule has 4 rings (SSSR count). The lowest BCUT2D eigenvalue weighted by Gasteiger charge is -2.34. The zero-order valence-electron chi connectivity index (χ0n) is 15.7. The van der Waals surface area contributed by atoms with Crippen molar-refractivity contribution >= 4 is 46.5 Å². The highest BCUT2D eigenvalue weighted by molar-refractivity contribution is 6.42. The molecule has 8 heteroatoms. The summed E-state index contributed by atoms with van der Waals surface area (Å²) in [5.41, 5.74) is 2.13. The average molecular weight is 440 g/mol. The summed E-state index contributed by atoms with van der Waals surface area (Å²) in [6.45, 7) is 4.78. The van der Waals surface area contributed by atoms with Crippen LogP contribution in [-0.2, 0) is 4.79 Å². The Morgan fingerprint density at radius 1 is 1.32 bits per heavy atom. The second-order valence-corrected chi connectivity index (χ2v) is 8.38. The first-order valence-electron chi connectivity index (χ1n) is 9.40. The molecule has 5 nitrogen and oxygen atoms in total. The molecule has 3 heterocycles. The summed E-state index contributed by atoms with van der Waals surface area (Å²) in [7, 11) is 0. The first-order valence-corrected chi connectivity index (χ1v) is 10.5. The van der Waals surface area contributed by atoms with E-state index in [1.54, 1.807) is 16.8 Å². The van der Waals surface area contributed by atoms with E-state index in [0.29, 0.717) is 26.6 Å². The third-order valence-electron chi connectivity index (χ3n) is 5.56. The molecule has 0 aliphatic carbocycles. The molecule has 1 aromatic carbocycles. The van der Waals surface area contributed by atoms with Crippen LogP contribution in [0.5, 0.6) is 0 Å². The van der Waals surface area contributed by atoms with Gasteiger partial charge in [-0.2, -0.15) is 5.10 Å². The van der Waals surface area contributed by atoms with Crippen molar-refractivity contribution in [3.8, 4) is 0 Å². The van der Waals surface area contributed by atoms with E-state index in [1.165, 1.54) is 0 Å². The van der Waals surface area contributed by atoms with Gasteiger partial charge in [0.25, 0.3) is 5.91 Å². The van der Waals surface area contributed by atoms with Gasteiger partial charge in [-0.1, -0.05) is 53.9 Å². The van der Waals surface area contributed by atoms with Crippen molar-refractivity contribution < 1.29 is 4.79 Å². The molecule has 2 aliphatic rings. The molecular formula is C20H21Cl3N4O. The highest BCUT2D eigenvalue weighted by atomic mass is 35.5. The number of hydrogen-bond acceptors (Lipinski definition) is 3. The van der Waals surface area contributed by atoms with Crippen molar-refractivity contribution in [1.82, 2.24) is 14.7 Å². The van der Waals surface area contributed by atoms with Gasteiger partial charge in [-0.3, -0.25) is 4.79 Å². The highest BCUT2D eigenvalue weighted by Gasteiger charge is 2.39. The number of halogens is 3. The molecule has 1 amide bonds. The van der Waals surface area contributed by atoms with Crippen LogP contribution in [0.25, 0.3) is 0 Å². The predicted molar refractivity (Wildman–Crippen MR) is 113 cm³/mol. The molecule has 0 spiro atoms. The number of likely N-dealkylation sites (tertiary alicyclic amines) is 1. The fourth-order valence-corrected chi connectivity index (χ4v) is 4.82. The van der Waals surface area contributed by atoms with Crippen LogP contribution in [0.4, 0.5) is 5.82 Å². The van der Waals surface area contributed by atoms with Crippen LogP contribution in [0.3, 0.4) is 0 Å². The maximum atomic E-state index is 13.7. The van der Waals surface area contributed by atoms with Crippen LogP contribution in [0, 0.1) is 0 Å². The van der Waals surface area contributed by atoms with Crippen molar-refractivity contribution in [3.05, 3.63) is 56.3 Å². The third-order valence-corrected chi connectivity index (χ3v) is 6.58. The lowest BCUT2D eigenvalue weighted by molar-refractivity contribution is -0.128. The summed E-state index contributed by atoms with van der Waals surface area (Å²) in [5.74, 6) is 0.723. The largest absolute Gasteiger partial charge is 0.344 e. The van der Waals surface area contributed by atoms with Crippen molar-refractivity contribution in [1.29, 1.82) is 0 Å². The van der Waals surface area contributed by atoms with Gasteiger partial charge < -0.3 is 10.2 Å². The van der Waals surface area contributed by atoms with Crippen LogP contribution in [0.2, 0.25) is 15.2 Å². The van der Waals surface area contributed by atoms with Crippen molar-refractivity contribution in [2.75, 3.05) is 11.9 Å². The molecule has 1 aromatic heterocycles. The van der Waals surface area contributed by atoms with Crippen LogP contribution in [0.15, 0.2) is 35.5 Å². The van der Waals surface area contributed by atoms with Crippen molar-refractivity contribution in [2.24, 2.45) is 0 Å². The summed E-state index contributed by atoms with van der Waals surface area (Å²) < 4.78 is 1.72. The number of carbonyl (C=O) groups is 1. The number of hydrogen-bond donors (Lipinski definition) is 1. The minimum absolute atomic E-state index is 0.00710. The van der Waals surface area contributed by atoms with Gasteiger partial charge in [0.2, 0.25) is 0 Å². The Morgan fingerprint density at radius 2 is 2.11 bits per heavy atom. The van der Waals surface area contributed by atoms with Crippen LogP contribution in [-0.4, -0.2) is 33.2 Å². The second-order valence-electron chi connectivity index (χ2n) is 7.21. The van der Waals surface area contributed by atoms with E-state index in [9.17, 15) is 4.79 Å². The molecule has 0 bridgehead atoms. The Kier molecular flexibility index (Phi) is 5.34. The van der Waals surface area contributed by atoms with Gasteiger partial charge in [0, 0.05) is 29.9 Å². The van der Waals surface area contributed by atoms with Crippen molar-refractivity contribution in [3.63, 3.8) is 0 Å². The third kappa shape index (κ3) is 3.19. The van der Waals surface area contributed by atoms with Gasteiger partial charge in [0.05, 0.1) is 15.6 Å². The number of allylic oxidation sites excluding steroid dienone is 1. The monoisotopic (exact) mass is 438 g/mol. The molecule has 2 aliphatic heterocycles. The molecule has 2 unspecified atom stereocenters. The number of fused-ring (bicyclic) bond motifs is 1. The van der Waals surface area contributed by atoms with Gasteiger partial charge in [0.1, 0.15) is 11.9 Å². The fraction of sp³-hybridized carbons (Fsp3) is 0.400. The molecule has 1 N–H and O–H groups in total. The maximum Gasteiger partial charge on any atom is 0.254 e. The fourth-order valence-electron chi connectivity index (χ4n) is 4.22. The molecule has 0 saturated carbocycles. The molecule has 1 saturated heterocycles. The maximum absolute atomic E-state index is 13.7. The second kappa shape index (κ2) is 7.62. The lowest BCUT2D eigenvalue weighted by atomic mass is 9.94. The summed E-state index contributed by atoms with van der Waals surface area (Å²) in [6, 6.07) is 6.94. The number of carbonyl (C=O) groups excluding carboxylic acids is 1. The zero-order valence-corrected chi connectivity index (χ0v) is 17.9. The summed E-state index contributed by atoms with van der Waals surface area (Å²) in [4.78, 5) is 15.6. The number of rotatable bonds is 3. The minimum atomic E-state index is -0.499. The van der Waals surface area contributed by atoms with E-state index < -0.39 is 6.04 Å². The molecule has 2 aromatic rings. The zero-order chi connectivity index (χ0) is 20.0. The Labute approximate surface area is 179 Å². The van der Waals surface area contributed by atoms with Gasteiger partial charge >= 0.3 is 0 Å². The number of benzene rings is 1. The Morgan fingerprint density at radius 3 is 2.86 bits per heavy atom. The molecular weight excluding hydrogens is 419 g/mol. The molecule has 28 heavy (non-hydrogen) atoms. The lowest BCUT2D eigenvalue weighted by Crippen LogP contribution is -2.40. The summed E-state index contributed by atoms with van der Waals surface area (Å²) >= 11 is 19.0. The predicted octanol–water partition coefficient (Wildman–Crippen LogP) is 5.53. The minimum Gasteiger partial charge on any atom is -0.344 e. The van der Waals surface area contributed by atoms with E-state index >= 15 is 0 Å². The number of nitrogens with one attached hydrogen (secondary N) is 1. The SMILES string of the molecule is CCC1CCCN1C(=O)C1=C(C)Nc2cc(Cl)nn2C1c1cccc(Cl)c1Cl. The summed E-state index contributed by atoms with van der Waals surface area (Å²) in [5, 5.41) is 8.90. The smallest absolute Gasteiger partial charge is 0.254 e. The van der Waals surface area contributed by atoms with Gasteiger partial charge in [-0.25, -0.2) is 4.68 Å². The van der Waals surface area contributed by atoms with Gasteiger partial charge in [-0.15, -0.1) is 0 Å². The van der Waals surface area contributed by atoms with E-state index in [2.05, 4.69) is 17.3 Å². The normalized spacial score (nSPS) is 21.7. The topological polar surface area (TPSA) is 50.2 Å². The standard InChI is InChI=1S/C20H21Cl3N4O/c1-3-12-6-5-9-26(12)20(28)17-11(2)24-16-10-15(22)25-27(16)19(17)13-7-4-8-14(21)18(13)23/h4,7-8,10,12,19,24H,3,5-6,9H2,1-2H3. The van der Waals surface area contributed by atoms with Gasteiger partial charge in [0.15, 0.2) is 5.15 Å². The number of aromatic nitrogens is 2. The number of amides is 1. The molecule has 0 radical (unpaired) electrons. The van der Waals surface area contributed by atoms with Crippen molar-refractivity contribution in [2.45, 2.75) is 45.2 Å². The highest BCUT2D eigenvalue weighted by Crippen LogP contribution is 2.42. The molecule has 1 fully saturated rings. The Hall–Kier alpha value is -1.69. The molecule has 148 valence electrons. The number of anilines is 1. The van der Waals surface area contributed by atoms with E-state index in [-0.39, 0.29) is 11.9 Å². The number of nitrogens with zero attached hydrogens (tertiary/aromatic N) is 3. The average Bonchev–Trinajstić information content (AvgIpc) is 3.28. The van der Waals surface area contributed by atoms with Crippen LogP contribution in [0.1, 0.15) is 44.7 Å². The van der Waals surface area contributed by atoms with E-state index in [1.807, 2.05) is 24.0 Å². The van der Waals surface area contributed by atoms with Gasteiger partial charge in [-0.05, 0) is 32.3 Å². The molecule has 2 atom stereocenters. The quantitative estimate of drug-likeness (QED) is 0.684. The van der Waals surface area contributed by atoms with E-state index in [0.717, 1.165) is 37.1 Å². The first-order chi connectivity index (χ1) is 13.4. The summed E-state index contributed by atoms with van der Waals surface area (Å²) in [6.07, 6.45) is 2.99. The first kappa shape index (κ1) is 19.6. The van der Waals surface area contributed by atoms with Crippen LogP contribution >= 0.6 is 34.8 Å². The van der Waals surface area contributed by atoms with E-state index in [4.69, 9.17) is 34.8 Å². The van der Waals surface area contributed by atoms with Crippen LogP contribution < -0.4 is 5.32 Å². The Bertz CT molecular complexity index is 968.